The maximum absolute atomic E-state index is 6.47. The minimum Gasteiger partial charge on any atom is -0.455 e. The summed E-state index contributed by atoms with van der Waals surface area (Å²) in [4.78, 5) is 14.3. The van der Waals surface area contributed by atoms with E-state index in [1.165, 1.54) is 0 Å². The van der Waals surface area contributed by atoms with Gasteiger partial charge in [0.15, 0.2) is 0 Å². The first kappa shape index (κ1) is 21.7. The Morgan fingerprint density at radius 3 is 2.10 bits per heavy atom. The number of fused-ring (bicyclic) bond motifs is 7. The van der Waals surface area contributed by atoms with Crippen molar-refractivity contribution in [2.24, 2.45) is 0 Å². The van der Waals surface area contributed by atoms with Crippen LogP contribution in [0.1, 0.15) is 0 Å². The Balaban J connectivity index is 1.36. The molecule has 8 rings (SSSR count). The van der Waals surface area contributed by atoms with E-state index in [2.05, 4.69) is 71.7 Å². The number of aromatic nitrogens is 3. The Labute approximate surface area is 224 Å². The molecule has 4 nitrogen and oxygen atoms in total. The second-order valence-electron chi connectivity index (χ2n) is 9.67. The highest BCUT2D eigenvalue weighted by atomic mass is 16.3. The summed E-state index contributed by atoms with van der Waals surface area (Å²) in [6.45, 7) is 0. The normalized spacial score (nSPS) is 11.6. The molecule has 0 saturated carbocycles. The molecular formula is C35H21N3O. The molecule has 4 heterocycles. The summed E-state index contributed by atoms with van der Waals surface area (Å²) < 4.78 is 6.47. The Hall–Kier alpha value is -5.35. The summed E-state index contributed by atoms with van der Waals surface area (Å²) in [6, 6.07) is 39.4. The molecule has 4 aromatic carbocycles. The number of hydrogen-bond donors (Lipinski definition) is 0. The third-order valence-corrected chi connectivity index (χ3v) is 7.36. The molecule has 0 fully saturated rings. The number of hydrogen-bond acceptors (Lipinski definition) is 4. The zero-order chi connectivity index (χ0) is 25.8. The first-order chi connectivity index (χ1) is 19.3. The molecule has 0 aliphatic heterocycles. The van der Waals surface area contributed by atoms with Gasteiger partial charge < -0.3 is 4.42 Å². The van der Waals surface area contributed by atoms with Crippen LogP contribution in [0.2, 0.25) is 0 Å². The van der Waals surface area contributed by atoms with E-state index in [4.69, 9.17) is 14.4 Å². The van der Waals surface area contributed by atoms with Crippen LogP contribution in [0.5, 0.6) is 0 Å². The average molecular weight is 500 g/mol. The van der Waals surface area contributed by atoms with E-state index in [1.807, 2.05) is 48.5 Å². The van der Waals surface area contributed by atoms with Crippen molar-refractivity contribution in [3.63, 3.8) is 0 Å². The van der Waals surface area contributed by atoms with Gasteiger partial charge in [0.05, 0.1) is 22.6 Å². The standard InChI is InChI=1S/C35H21N3O/c1-3-11-31-27(10-1)33-28(16-15-26-25-9-2-4-14-32(25)39-35(26)33)34(38-31)24-8-5-7-23(21-24)30-13-6-12-29(37-30)22-17-19-36-20-18-22/h1-21H. The smallest absolute Gasteiger partial charge is 0.144 e. The van der Waals surface area contributed by atoms with Gasteiger partial charge in [-0.05, 0) is 48.5 Å². The van der Waals surface area contributed by atoms with Gasteiger partial charge in [0.25, 0.3) is 0 Å². The molecule has 0 radical (unpaired) electrons. The van der Waals surface area contributed by atoms with E-state index in [9.17, 15) is 0 Å². The van der Waals surface area contributed by atoms with E-state index in [0.717, 1.165) is 77.4 Å². The second-order valence-corrected chi connectivity index (χ2v) is 9.67. The summed E-state index contributed by atoms with van der Waals surface area (Å²) in [7, 11) is 0. The van der Waals surface area contributed by atoms with Crippen LogP contribution in [-0.2, 0) is 0 Å². The summed E-state index contributed by atoms with van der Waals surface area (Å²) in [5.74, 6) is 0. The number of pyridine rings is 3. The number of benzene rings is 4. The first-order valence-corrected chi connectivity index (χ1v) is 12.9. The van der Waals surface area contributed by atoms with Crippen LogP contribution < -0.4 is 0 Å². The second kappa shape index (κ2) is 8.61. The van der Waals surface area contributed by atoms with Crippen LogP contribution >= 0.6 is 0 Å². The van der Waals surface area contributed by atoms with Crippen molar-refractivity contribution in [1.29, 1.82) is 0 Å². The van der Waals surface area contributed by atoms with Crippen LogP contribution in [0.15, 0.2) is 132 Å². The molecule has 0 saturated heterocycles. The van der Waals surface area contributed by atoms with Gasteiger partial charge in [0.1, 0.15) is 11.2 Å². The maximum atomic E-state index is 6.47. The van der Waals surface area contributed by atoms with Crippen molar-refractivity contribution >= 4 is 43.6 Å². The fourth-order valence-corrected chi connectivity index (χ4v) is 5.54. The van der Waals surface area contributed by atoms with Crippen LogP contribution in [0.4, 0.5) is 0 Å². The molecule has 0 spiro atoms. The lowest BCUT2D eigenvalue weighted by molar-refractivity contribution is 0.673. The lowest BCUT2D eigenvalue weighted by atomic mass is 9.96. The third kappa shape index (κ3) is 3.50. The predicted molar refractivity (Wildman–Crippen MR) is 158 cm³/mol. The van der Waals surface area contributed by atoms with E-state index < -0.39 is 0 Å². The summed E-state index contributed by atoms with van der Waals surface area (Å²) in [5, 5.41) is 5.48. The van der Waals surface area contributed by atoms with E-state index in [-0.39, 0.29) is 0 Å². The maximum Gasteiger partial charge on any atom is 0.144 e. The molecule has 0 N–H and O–H groups in total. The molecule has 0 amide bonds. The van der Waals surface area contributed by atoms with Crippen molar-refractivity contribution in [2.45, 2.75) is 0 Å². The van der Waals surface area contributed by atoms with Crippen LogP contribution in [0, 0.1) is 0 Å². The van der Waals surface area contributed by atoms with Gasteiger partial charge in [-0.15, -0.1) is 0 Å². The molecule has 0 aliphatic rings. The summed E-state index contributed by atoms with van der Waals surface area (Å²) in [6.07, 6.45) is 3.58. The van der Waals surface area contributed by atoms with Gasteiger partial charge in [0, 0.05) is 56.0 Å². The Bertz CT molecular complexity index is 2180. The average Bonchev–Trinajstić information content (AvgIpc) is 3.40. The van der Waals surface area contributed by atoms with Crippen molar-refractivity contribution in [1.82, 2.24) is 15.0 Å². The lowest BCUT2D eigenvalue weighted by Gasteiger charge is -2.12. The highest BCUT2D eigenvalue weighted by molar-refractivity contribution is 6.24. The molecule has 4 heteroatoms. The first-order valence-electron chi connectivity index (χ1n) is 12.9. The molecular weight excluding hydrogens is 478 g/mol. The van der Waals surface area contributed by atoms with E-state index >= 15 is 0 Å². The van der Waals surface area contributed by atoms with Crippen LogP contribution in [0.3, 0.4) is 0 Å². The highest BCUT2D eigenvalue weighted by Gasteiger charge is 2.17. The highest BCUT2D eigenvalue weighted by Crippen LogP contribution is 2.41. The number of furan rings is 1. The van der Waals surface area contributed by atoms with Gasteiger partial charge in [-0.3, -0.25) is 4.98 Å². The van der Waals surface area contributed by atoms with Crippen LogP contribution in [-0.4, -0.2) is 15.0 Å². The van der Waals surface area contributed by atoms with Crippen molar-refractivity contribution in [2.75, 3.05) is 0 Å². The van der Waals surface area contributed by atoms with Gasteiger partial charge >= 0.3 is 0 Å². The number of para-hydroxylation sites is 2. The van der Waals surface area contributed by atoms with Gasteiger partial charge in [-0.2, -0.15) is 0 Å². The quantitative estimate of drug-likeness (QED) is 0.228. The van der Waals surface area contributed by atoms with Crippen molar-refractivity contribution in [3.8, 4) is 33.8 Å². The topological polar surface area (TPSA) is 51.8 Å². The Morgan fingerprint density at radius 2 is 1.21 bits per heavy atom. The SMILES string of the molecule is c1cc(-c2cccc(-c3ccncc3)n2)cc(-c2nc3ccccc3c3c2ccc2c4ccccc4oc23)c1. The molecule has 4 aromatic heterocycles. The van der Waals surface area contributed by atoms with Gasteiger partial charge in [-0.1, -0.05) is 66.7 Å². The van der Waals surface area contributed by atoms with Crippen LogP contribution in [0.25, 0.3) is 77.4 Å². The zero-order valence-electron chi connectivity index (χ0n) is 20.9. The molecule has 0 unspecified atom stereocenters. The van der Waals surface area contributed by atoms with E-state index in [0.29, 0.717) is 0 Å². The molecule has 0 bridgehead atoms. The monoisotopic (exact) mass is 499 g/mol. The molecule has 8 aromatic rings. The predicted octanol–water partition coefficient (Wildman–Crippen LogP) is 9.08. The third-order valence-electron chi connectivity index (χ3n) is 7.36. The molecule has 182 valence electrons. The zero-order valence-corrected chi connectivity index (χ0v) is 20.9. The molecule has 0 aliphatic carbocycles. The van der Waals surface area contributed by atoms with Gasteiger partial charge in [-0.25, -0.2) is 9.97 Å². The molecule has 0 atom stereocenters. The summed E-state index contributed by atoms with van der Waals surface area (Å²) in [5.41, 5.74) is 8.61. The minimum absolute atomic E-state index is 0.893. The fraction of sp³-hybridized carbons (Fsp3) is 0. The largest absolute Gasteiger partial charge is 0.455 e. The fourth-order valence-electron chi connectivity index (χ4n) is 5.54. The summed E-state index contributed by atoms with van der Waals surface area (Å²) >= 11 is 0. The van der Waals surface area contributed by atoms with E-state index in [1.54, 1.807) is 12.4 Å². The Kier molecular flexibility index (Phi) is 4.79. The number of nitrogens with zero attached hydrogens (tertiary/aromatic N) is 3. The van der Waals surface area contributed by atoms with Crippen molar-refractivity contribution < 1.29 is 4.42 Å². The van der Waals surface area contributed by atoms with Crippen molar-refractivity contribution in [3.05, 3.63) is 128 Å². The van der Waals surface area contributed by atoms with Gasteiger partial charge in [0.2, 0.25) is 0 Å². The number of rotatable bonds is 3. The minimum atomic E-state index is 0.893. The Morgan fingerprint density at radius 1 is 0.487 bits per heavy atom. The molecule has 39 heavy (non-hydrogen) atoms. The lowest BCUT2D eigenvalue weighted by Crippen LogP contribution is -1.92.